The van der Waals surface area contributed by atoms with Gasteiger partial charge in [-0.2, -0.15) is 0 Å². The van der Waals surface area contributed by atoms with Crippen LogP contribution in [0.25, 0.3) is 0 Å². The van der Waals surface area contributed by atoms with Crippen LogP contribution in [0.1, 0.15) is 52.9 Å². The standard InChI is InChI=1S/C12H25NS/c1-5-8-9-11-12(10-6-2)13(4)14-7-3/h11H,5-10H2,1-4H3/b12-11+. The summed E-state index contributed by atoms with van der Waals surface area (Å²) >= 11 is 1.90. The van der Waals surface area contributed by atoms with Crippen LogP contribution in [0.4, 0.5) is 0 Å². The highest BCUT2D eigenvalue weighted by Gasteiger charge is 2.02. The van der Waals surface area contributed by atoms with E-state index >= 15 is 0 Å². The molecule has 0 heterocycles. The summed E-state index contributed by atoms with van der Waals surface area (Å²) in [6.07, 6.45) is 8.72. The lowest BCUT2D eigenvalue weighted by atomic mass is 10.2. The lowest BCUT2D eigenvalue weighted by Gasteiger charge is -2.20. The molecule has 0 saturated carbocycles. The van der Waals surface area contributed by atoms with E-state index in [-0.39, 0.29) is 0 Å². The van der Waals surface area contributed by atoms with Crippen molar-refractivity contribution in [3.8, 4) is 0 Å². The zero-order valence-corrected chi connectivity index (χ0v) is 11.0. The molecule has 0 aliphatic heterocycles. The third-order valence-electron chi connectivity index (χ3n) is 2.17. The highest BCUT2D eigenvalue weighted by atomic mass is 32.2. The lowest BCUT2D eigenvalue weighted by Crippen LogP contribution is -2.09. The van der Waals surface area contributed by atoms with Gasteiger partial charge in [0.2, 0.25) is 0 Å². The van der Waals surface area contributed by atoms with Gasteiger partial charge in [0.05, 0.1) is 0 Å². The van der Waals surface area contributed by atoms with Gasteiger partial charge in [-0.25, -0.2) is 0 Å². The summed E-state index contributed by atoms with van der Waals surface area (Å²) in [7, 11) is 2.18. The summed E-state index contributed by atoms with van der Waals surface area (Å²) < 4.78 is 2.33. The third-order valence-corrected chi connectivity index (χ3v) is 3.05. The highest BCUT2D eigenvalue weighted by Crippen LogP contribution is 2.19. The Morgan fingerprint density at radius 2 is 1.93 bits per heavy atom. The molecular weight excluding hydrogens is 190 g/mol. The number of hydrogen-bond donors (Lipinski definition) is 0. The molecule has 0 atom stereocenters. The number of rotatable bonds is 8. The molecule has 0 amide bonds. The maximum Gasteiger partial charge on any atom is 0.0198 e. The minimum absolute atomic E-state index is 1.16. The molecular formula is C12H25NS. The normalized spacial score (nSPS) is 11.9. The van der Waals surface area contributed by atoms with Crippen LogP contribution in [0, 0.1) is 0 Å². The summed E-state index contributed by atoms with van der Waals surface area (Å²) in [5.74, 6) is 1.16. The minimum atomic E-state index is 1.16. The quantitative estimate of drug-likeness (QED) is 0.434. The average molecular weight is 215 g/mol. The van der Waals surface area contributed by atoms with Crippen molar-refractivity contribution in [2.75, 3.05) is 12.8 Å². The summed E-state index contributed by atoms with van der Waals surface area (Å²) in [6, 6.07) is 0. The largest absolute Gasteiger partial charge is 0.323 e. The van der Waals surface area contributed by atoms with Crippen molar-refractivity contribution in [3.63, 3.8) is 0 Å². The zero-order chi connectivity index (χ0) is 10.8. The van der Waals surface area contributed by atoms with E-state index in [1.165, 1.54) is 37.8 Å². The Kier molecular flexibility index (Phi) is 9.37. The van der Waals surface area contributed by atoms with Crippen LogP contribution in [0.5, 0.6) is 0 Å². The zero-order valence-electron chi connectivity index (χ0n) is 10.2. The maximum atomic E-state index is 2.41. The molecule has 0 aromatic rings. The van der Waals surface area contributed by atoms with Crippen LogP contribution in [0.15, 0.2) is 11.8 Å². The Morgan fingerprint density at radius 3 is 2.43 bits per heavy atom. The molecule has 0 aromatic heterocycles. The van der Waals surface area contributed by atoms with Crippen molar-refractivity contribution >= 4 is 11.9 Å². The van der Waals surface area contributed by atoms with Gasteiger partial charge in [0.25, 0.3) is 0 Å². The van der Waals surface area contributed by atoms with Gasteiger partial charge in [-0.1, -0.05) is 58.1 Å². The molecule has 0 aromatic carbocycles. The Morgan fingerprint density at radius 1 is 1.21 bits per heavy atom. The minimum Gasteiger partial charge on any atom is -0.323 e. The van der Waals surface area contributed by atoms with Crippen LogP contribution in [-0.2, 0) is 0 Å². The van der Waals surface area contributed by atoms with Gasteiger partial charge in [0.1, 0.15) is 0 Å². The smallest absolute Gasteiger partial charge is 0.0198 e. The van der Waals surface area contributed by atoms with E-state index in [0.717, 1.165) is 5.75 Å². The predicted octanol–water partition coefficient (Wildman–Crippen LogP) is 4.46. The first-order chi connectivity index (χ1) is 6.76. The second kappa shape index (κ2) is 9.45. The second-order valence-corrected chi connectivity index (χ2v) is 4.89. The van der Waals surface area contributed by atoms with Crippen molar-refractivity contribution in [3.05, 3.63) is 11.8 Å². The van der Waals surface area contributed by atoms with E-state index < -0.39 is 0 Å². The van der Waals surface area contributed by atoms with Gasteiger partial charge >= 0.3 is 0 Å². The fraction of sp³-hybridized carbons (Fsp3) is 0.833. The highest BCUT2D eigenvalue weighted by molar-refractivity contribution is 7.97. The molecule has 2 heteroatoms. The average Bonchev–Trinajstić information content (AvgIpc) is 2.17. The number of nitrogens with zero attached hydrogens (tertiary/aromatic N) is 1. The van der Waals surface area contributed by atoms with E-state index in [0.29, 0.717) is 0 Å². The van der Waals surface area contributed by atoms with Crippen LogP contribution in [0.2, 0.25) is 0 Å². The van der Waals surface area contributed by atoms with Gasteiger partial charge in [-0.05, 0) is 12.8 Å². The molecule has 1 nitrogen and oxygen atoms in total. The van der Waals surface area contributed by atoms with Crippen LogP contribution in [-0.4, -0.2) is 17.1 Å². The van der Waals surface area contributed by atoms with Crippen molar-refractivity contribution in [2.45, 2.75) is 52.9 Å². The maximum absolute atomic E-state index is 2.41. The molecule has 0 radical (unpaired) electrons. The van der Waals surface area contributed by atoms with Gasteiger partial charge in [-0.3, -0.25) is 0 Å². The molecule has 0 bridgehead atoms. The van der Waals surface area contributed by atoms with E-state index in [1.807, 2.05) is 11.9 Å². The molecule has 0 N–H and O–H groups in total. The second-order valence-electron chi connectivity index (χ2n) is 3.50. The first-order valence-electron chi connectivity index (χ1n) is 5.81. The Bertz CT molecular complexity index is 154. The monoisotopic (exact) mass is 215 g/mol. The van der Waals surface area contributed by atoms with Gasteiger partial charge < -0.3 is 4.31 Å². The van der Waals surface area contributed by atoms with E-state index in [1.54, 1.807) is 0 Å². The summed E-state index contributed by atoms with van der Waals surface area (Å²) in [5, 5.41) is 0. The molecule has 84 valence electrons. The Labute approximate surface area is 94.1 Å². The predicted molar refractivity (Wildman–Crippen MR) is 68.4 cm³/mol. The molecule has 0 unspecified atom stereocenters. The van der Waals surface area contributed by atoms with Crippen LogP contribution in [0.3, 0.4) is 0 Å². The third kappa shape index (κ3) is 6.36. The first-order valence-corrected chi connectivity index (χ1v) is 6.76. The number of unbranched alkanes of at least 4 members (excludes halogenated alkanes) is 2. The van der Waals surface area contributed by atoms with Crippen molar-refractivity contribution in [1.82, 2.24) is 4.31 Å². The first kappa shape index (κ1) is 13.9. The van der Waals surface area contributed by atoms with E-state index in [9.17, 15) is 0 Å². The molecule has 0 aliphatic carbocycles. The summed E-state index contributed by atoms with van der Waals surface area (Å²) in [5.41, 5.74) is 1.51. The van der Waals surface area contributed by atoms with Crippen molar-refractivity contribution < 1.29 is 0 Å². The van der Waals surface area contributed by atoms with Gasteiger partial charge in [0, 0.05) is 18.5 Å². The van der Waals surface area contributed by atoms with E-state index in [2.05, 4.69) is 38.2 Å². The van der Waals surface area contributed by atoms with Crippen molar-refractivity contribution in [2.24, 2.45) is 0 Å². The molecule has 0 spiro atoms. The molecule has 0 aliphatic rings. The fourth-order valence-corrected chi connectivity index (χ4v) is 2.11. The fourth-order valence-electron chi connectivity index (χ4n) is 1.39. The van der Waals surface area contributed by atoms with E-state index in [4.69, 9.17) is 0 Å². The summed E-state index contributed by atoms with van der Waals surface area (Å²) in [4.78, 5) is 0. The SMILES string of the molecule is CCCC/C=C(\CCC)N(C)SCC. The van der Waals surface area contributed by atoms with Gasteiger partial charge in [0.15, 0.2) is 0 Å². The van der Waals surface area contributed by atoms with Gasteiger partial charge in [-0.15, -0.1) is 0 Å². The van der Waals surface area contributed by atoms with Crippen molar-refractivity contribution in [1.29, 1.82) is 0 Å². The molecule has 0 rings (SSSR count). The molecule has 0 saturated heterocycles. The Hall–Kier alpha value is -0.110. The Balaban J connectivity index is 4.03. The lowest BCUT2D eigenvalue weighted by molar-refractivity contribution is 0.631. The van der Waals surface area contributed by atoms with Crippen LogP contribution >= 0.6 is 11.9 Å². The van der Waals surface area contributed by atoms with Crippen LogP contribution < -0.4 is 0 Å². The molecule has 0 fully saturated rings. The topological polar surface area (TPSA) is 3.24 Å². The number of allylic oxidation sites excluding steroid dienone is 2. The molecule has 14 heavy (non-hydrogen) atoms. The number of hydrogen-bond acceptors (Lipinski definition) is 2. The summed E-state index contributed by atoms with van der Waals surface area (Å²) in [6.45, 7) is 6.70.